The van der Waals surface area contributed by atoms with Gasteiger partial charge in [-0.2, -0.15) is 0 Å². The van der Waals surface area contributed by atoms with E-state index >= 15 is 0 Å². The van der Waals surface area contributed by atoms with Crippen molar-refractivity contribution in [2.45, 2.75) is 57.1 Å². The summed E-state index contributed by atoms with van der Waals surface area (Å²) in [6.45, 7) is 2.56. The molecular formula is C31H38N6O5. The number of anilines is 4. The topological polar surface area (TPSA) is 141 Å². The summed E-state index contributed by atoms with van der Waals surface area (Å²) in [5.41, 5.74) is 8.27. The maximum Gasteiger partial charge on any atom is 0.506 e. The van der Waals surface area contributed by atoms with Crippen LogP contribution in [0.15, 0.2) is 42.6 Å². The number of urea groups is 1. The lowest BCUT2D eigenvalue weighted by atomic mass is 9.47. The summed E-state index contributed by atoms with van der Waals surface area (Å²) in [4.78, 5) is 47.9. The van der Waals surface area contributed by atoms with Gasteiger partial charge in [-0.15, -0.1) is 0 Å². The fourth-order valence-electron chi connectivity index (χ4n) is 8.69. The van der Waals surface area contributed by atoms with E-state index in [0.717, 1.165) is 55.0 Å². The molecule has 222 valence electrons. The molecule has 2 aliphatic heterocycles. The minimum absolute atomic E-state index is 0.0775. The van der Waals surface area contributed by atoms with Crippen LogP contribution in [-0.2, 0) is 9.53 Å². The molecule has 3 unspecified atom stereocenters. The highest BCUT2D eigenvalue weighted by atomic mass is 16.7. The number of hydrogen-bond acceptors (Lipinski definition) is 7. The van der Waals surface area contributed by atoms with Crippen LogP contribution in [0.5, 0.6) is 0 Å². The van der Waals surface area contributed by atoms with Crippen molar-refractivity contribution in [3.63, 3.8) is 0 Å². The SMILES string of the molecule is NC(=O)C12CC3C[C@H](C1)C(NC(=O)N1CCN(c4ccc(N5CCC(OC(=O)O)CC5)cn4)c4ccccc41)[C@@H](C3)C2. The molecule has 4 aliphatic carbocycles. The third-order valence-electron chi connectivity index (χ3n) is 10.4. The predicted octanol–water partition coefficient (Wildman–Crippen LogP) is 4.09. The number of carbonyl (C=O) groups is 3. The van der Waals surface area contributed by atoms with Crippen molar-refractivity contribution in [3.05, 3.63) is 42.6 Å². The number of nitrogens with one attached hydrogen (secondary N) is 1. The number of amides is 3. The summed E-state index contributed by atoms with van der Waals surface area (Å²) in [5, 5.41) is 12.3. The van der Waals surface area contributed by atoms with Crippen LogP contribution in [0.2, 0.25) is 0 Å². The van der Waals surface area contributed by atoms with Crippen molar-refractivity contribution in [1.29, 1.82) is 0 Å². The Balaban J connectivity index is 1.03. The normalized spacial score (nSPS) is 30.1. The van der Waals surface area contributed by atoms with E-state index in [1.165, 1.54) is 0 Å². The fourth-order valence-corrected chi connectivity index (χ4v) is 8.69. The Morgan fingerprint density at radius 3 is 2.31 bits per heavy atom. The number of primary amides is 1. The van der Waals surface area contributed by atoms with Crippen LogP contribution in [0.1, 0.15) is 44.9 Å². The quantitative estimate of drug-likeness (QED) is 0.454. The lowest BCUT2D eigenvalue weighted by Crippen LogP contribution is -2.63. The van der Waals surface area contributed by atoms with E-state index in [0.29, 0.717) is 56.8 Å². The summed E-state index contributed by atoms with van der Waals surface area (Å²) >= 11 is 0. The van der Waals surface area contributed by atoms with Crippen molar-refractivity contribution in [1.82, 2.24) is 10.3 Å². The lowest BCUT2D eigenvalue weighted by Gasteiger charge is -2.59. The highest BCUT2D eigenvalue weighted by Crippen LogP contribution is 2.60. The number of nitrogens with zero attached hydrogens (tertiary/aromatic N) is 4. The second-order valence-corrected chi connectivity index (χ2v) is 12.8. The molecule has 2 aromatic rings. The van der Waals surface area contributed by atoms with Gasteiger partial charge in [0, 0.05) is 50.5 Å². The van der Waals surface area contributed by atoms with Crippen molar-refractivity contribution < 1.29 is 24.2 Å². The summed E-state index contributed by atoms with van der Waals surface area (Å²) < 4.78 is 4.93. The van der Waals surface area contributed by atoms with Gasteiger partial charge < -0.3 is 30.7 Å². The number of para-hydroxylation sites is 2. The van der Waals surface area contributed by atoms with Crippen molar-refractivity contribution >= 4 is 41.0 Å². The third-order valence-corrected chi connectivity index (χ3v) is 10.4. The average Bonchev–Trinajstić information content (AvgIpc) is 2.98. The molecule has 6 aliphatic rings. The molecule has 4 saturated carbocycles. The van der Waals surface area contributed by atoms with Gasteiger partial charge in [0.05, 0.1) is 23.3 Å². The zero-order valence-corrected chi connectivity index (χ0v) is 23.7. The second-order valence-electron chi connectivity index (χ2n) is 12.8. The van der Waals surface area contributed by atoms with E-state index in [1.807, 2.05) is 47.5 Å². The molecule has 5 fully saturated rings. The number of carboxylic acid groups (broad SMARTS) is 1. The Morgan fingerprint density at radius 2 is 1.67 bits per heavy atom. The first-order chi connectivity index (χ1) is 20.3. The molecule has 0 spiro atoms. The Bertz CT molecular complexity index is 1360. The average molecular weight is 575 g/mol. The molecule has 3 heterocycles. The number of carbonyl (C=O) groups excluding carboxylic acids is 2. The molecule has 1 aromatic carbocycles. The zero-order valence-electron chi connectivity index (χ0n) is 23.7. The maximum absolute atomic E-state index is 13.8. The Morgan fingerprint density at radius 1 is 0.952 bits per heavy atom. The largest absolute Gasteiger partial charge is 0.506 e. The Labute approximate surface area is 245 Å². The van der Waals surface area contributed by atoms with Crippen LogP contribution in [0.25, 0.3) is 0 Å². The van der Waals surface area contributed by atoms with E-state index < -0.39 is 6.16 Å². The number of pyridine rings is 1. The summed E-state index contributed by atoms with van der Waals surface area (Å²) in [6, 6.07) is 12.0. The van der Waals surface area contributed by atoms with Gasteiger partial charge in [0.15, 0.2) is 0 Å². The van der Waals surface area contributed by atoms with Crippen LogP contribution >= 0.6 is 0 Å². The van der Waals surface area contributed by atoms with Gasteiger partial charge in [0.2, 0.25) is 5.91 Å². The summed E-state index contributed by atoms with van der Waals surface area (Å²) in [6.07, 6.45) is 6.32. The smallest absolute Gasteiger partial charge is 0.450 e. The number of piperidine rings is 1. The molecule has 0 radical (unpaired) electrons. The van der Waals surface area contributed by atoms with Crippen molar-refractivity contribution in [2.75, 3.05) is 40.9 Å². The van der Waals surface area contributed by atoms with Gasteiger partial charge >= 0.3 is 12.2 Å². The van der Waals surface area contributed by atoms with Gasteiger partial charge in [-0.05, 0) is 74.1 Å². The lowest BCUT2D eigenvalue weighted by molar-refractivity contribution is -0.145. The summed E-state index contributed by atoms with van der Waals surface area (Å²) in [7, 11) is 0. The minimum Gasteiger partial charge on any atom is -0.450 e. The number of fused-ring (bicyclic) bond motifs is 1. The molecule has 1 aromatic heterocycles. The standard InChI is InChI=1S/C31H38N6O5/c32-28(38)31-15-19-13-20(16-31)27(21(14-19)17-31)34-29(39)37-12-11-36(24-3-1-2-4-25(24)37)26-6-5-22(18-33-26)35-9-7-23(8-10-35)42-30(40)41/h1-6,18-21,23,27H,7-17H2,(H2,32,38)(H,34,39)(H,40,41)/t19?,20-,21+,27?,31?. The van der Waals surface area contributed by atoms with Crippen molar-refractivity contribution in [3.8, 4) is 0 Å². The Hall–Kier alpha value is -4.02. The monoisotopic (exact) mass is 574 g/mol. The van der Waals surface area contributed by atoms with Gasteiger partial charge in [0.25, 0.3) is 0 Å². The fraction of sp³-hybridized carbons (Fsp3) is 0.548. The molecular weight excluding hydrogens is 536 g/mol. The molecule has 4 N–H and O–H groups in total. The zero-order chi connectivity index (χ0) is 29.0. The van der Waals surface area contributed by atoms with Gasteiger partial charge in [-0.3, -0.25) is 9.69 Å². The highest BCUT2D eigenvalue weighted by molar-refractivity contribution is 5.98. The van der Waals surface area contributed by atoms with E-state index in [2.05, 4.69) is 15.1 Å². The van der Waals surface area contributed by atoms with E-state index in [4.69, 9.17) is 20.6 Å². The number of aromatic nitrogens is 1. The van der Waals surface area contributed by atoms with E-state index in [-0.39, 0.29) is 29.5 Å². The molecule has 11 nitrogen and oxygen atoms in total. The first kappa shape index (κ1) is 26.9. The van der Waals surface area contributed by atoms with Crippen LogP contribution < -0.4 is 25.8 Å². The van der Waals surface area contributed by atoms with E-state index in [1.54, 1.807) is 0 Å². The van der Waals surface area contributed by atoms with Crippen molar-refractivity contribution in [2.24, 2.45) is 28.9 Å². The number of benzene rings is 1. The molecule has 1 saturated heterocycles. The number of ether oxygens (including phenoxy) is 1. The number of hydrogen-bond donors (Lipinski definition) is 3. The highest BCUT2D eigenvalue weighted by Gasteiger charge is 2.58. The van der Waals surface area contributed by atoms with Crippen LogP contribution in [-0.4, -0.2) is 66.5 Å². The third kappa shape index (κ3) is 4.68. The maximum atomic E-state index is 13.8. The molecule has 42 heavy (non-hydrogen) atoms. The molecule has 8 rings (SSSR count). The van der Waals surface area contributed by atoms with Crippen LogP contribution in [0.4, 0.5) is 32.5 Å². The second kappa shape index (κ2) is 10.4. The molecule has 3 amide bonds. The molecule has 5 atom stereocenters. The van der Waals surface area contributed by atoms with E-state index in [9.17, 15) is 14.4 Å². The van der Waals surface area contributed by atoms with Gasteiger partial charge in [-0.25, -0.2) is 14.6 Å². The van der Waals surface area contributed by atoms with Crippen LogP contribution in [0, 0.1) is 23.2 Å². The summed E-state index contributed by atoms with van der Waals surface area (Å²) in [5.74, 6) is 1.82. The molecule has 11 heteroatoms. The molecule has 4 bridgehead atoms. The Kier molecular flexibility index (Phi) is 6.62. The van der Waals surface area contributed by atoms with Gasteiger partial charge in [-0.1, -0.05) is 12.1 Å². The first-order valence-corrected chi connectivity index (χ1v) is 15.1. The van der Waals surface area contributed by atoms with Crippen LogP contribution in [0.3, 0.4) is 0 Å². The minimum atomic E-state index is -1.22. The first-order valence-electron chi connectivity index (χ1n) is 15.1. The predicted molar refractivity (Wildman–Crippen MR) is 157 cm³/mol. The number of rotatable bonds is 5. The van der Waals surface area contributed by atoms with Gasteiger partial charge in [0.1, 0.15) is 11.9 Å². The number of nitrogens with two attached hydrogens (primary N) is 1.